The Balaban J connectivity index is 2.08. The zero-order chi connectivity index (χ0) is 16.9. The van der Waals surface area contributed by atoms with E-state index in [1.165, 1.54) is 8.64 Å². The third-order valence-electron chi connectivity index (χ3n) is 3.54. The molecule has 0 amide bonds. The van der Waals surface area contributed by atoms with E-state index in [2.05, 4.69) is 17.6 Å². The van der Waals surface area contributed by atoms with Crippen molar-refractivity contribution in [2.45, 2.75) is 34.5 Å². The van der Waals surface area contributed by atoms with E-state index in [0.717, 1.165) is 30.7 Å². The minimum atomic E-state index is -3.46. The summed E-state index contributed by atoms with van der Waals surface area (Å²) in [5.41, 5.74) is 0. The van der Waals surface area contributed by atoms with Crippen LogP contribution in [0.1, 0.15) is 25.7 Å². The topological polar surface area (TPSA) is 63.2 Å². The normalized spacial score (nSPS) is 12.7. The average molecular weight is 391 g/mol. The summed E-state index contributed by atoms with van der Waals surface area (Å²) in [6, 6.07) is 5.43. The molecule has 2 aromatic rings. The van der Waals surface area contributed by atoms with E-state index in [-0.39, 0.29) is 0 Å². The molecule has 1 heterocycles. The number of carbonyl (C=O) groups excluding carboxylic acids is 1. The molecule has 4 nitrogen and oxygen atoms in total. The highest BCUT2D eigenvalue weighted by atomic mass is 32.2. The Labute approximate surface area is 146 Å². The van der Waals surface area contributed by atoms with Gasteiger partial charge in [0.25, 0.3) is 0 Å². The first-order valence-corrected chi connectivity index (χ1v) is 12.7. The van der Waals surface area contributed by atoms with Gasteiger partial charge in [0.15, 0.2) is 12.7 Å². The van der Waals surface area contributed by atoms with Gasteiger partial charge in [-0.2, -0.15) is 0 Å². The van der Waals surface area contributed by atoms with Crippen molar-refractivity contribution in [1.82, 2.24) is 4.72 Å². The van der Waals surface area contributed by atoms with E-state index < -0.39 is 17.6 Å². The third kappa shape index (κ3) is 4.77. The summed E-state index contributed by atoms with van der Waals surface area (Å²) >= 11 is 3.51. The number of aldehydes is 1. The zero-order valence-electron chi connectivity index (χ0n) is 13.2. The molecular weight excluding hydrogens is 369 g/mol. The van der Waals surface area contributed by atoms with Gasteiger partial charge in [-0.15, -0.1) is 0 Å². The monoisotopic (exact) mass is 390 g/mol. The lowest BCUT2D eigenvalue weighted by atomic mass is 10.2. The molecule has 1 atom stereocenters. The summed E-state index contributed by atoms with van der Waals surface area (Å²) in [5, 5.41) is 1.16. The quantitative estimate of drug-likeness (QED) is 0.390. The average Bonchev–Trinajstić information content (AvgIpc) is 2.86. The number of hydrogen-bond acceptors (Lipinski definition) is 5. The number of sulfonamides is 1. The molecule has 0 spiro atoms. The summed E-state index contributed by atoms with van der Waals surface area (Å²) in [4.78, 5) is 10.6. The van der Waals surface area contributed by atoms with Crippen LogP contribution in [0.5, 0.6) is 0 Å². The van der Waals surface area contributed by atoms with Gasteiger partial charge in [-0.1, -0.05) is 29.5 Å². The van der Waals surface area contributed by atoms with Crippen LogP contribution in [0.2, 0.25) is 0 Å². The Hall–Kier alpha value is -0.460. The maximum Gasteiger partial charge on any atom is 0.240 e. The number of benzene rings is 1. The first-order valence-electron chi connectivity index (χ1n) is 7.39. The largest absolute Gasteiger partial charge is 0.303 e. The molecule has 23 heavy (non-hydrogen) atoms. The second-order valence-corrected chi connectivity index (χ2v) is 11.7. The Morgan fingerprint density at radius 2 is 2.09 bits per heavy atom. The van der Waals surface area contributed by atoms with Gasteiger partial charge in [-0.25, -0.2) is 13.1 Å². The van der Waals surface area contributed by atoms with Crippen LogP contribution < -0.4 is 4.72 Å². The molecule has 1 aromatic heterocycles. The molecule has 0 fully saturated rings. The van der Waals surface area contributed by atoms with Crippen LogP contribution in [0.25, 0.3) is 9.82 Å². The van der Waals surface area contributed by atoms with E-state index in [0.29, 0.717) is 17.9 Å². The Bertz CT molecular complexity index is 787. The molecule has 2 rings (SSSR count). The lowest BCUT2D eigenvalue weighted by Gasteiger charge is -2.06. The van der Waals surface area contributed by atoms with Crippen LogP contribution in [0.3, 0.4) is 0 Å². The highest BCUT2D eigenvalue weighted by Gasteiger charge is 2.22. The molecule has 0 bridgehead atoms. The van der Waals surface area contributed by atoms with Gasteiger partial charge < -0.3 is 4.79 Å². The lowest BCUT2D eigenvalue weighted by molar-refractivity contribution is -0.107. The predicted octanol–water partition coefficient (Wildman–Crippen LogP) is 4.47. The summed E-state index contributed by atoms with van der Waals surface area (Å²) in [5.74, 6) is 0. The number of nitrogens with one attached hydrogen (secondary N) is 1. The van der Waals surface area contributed by atoms with Crippen LogP contribution in [0, 0.1) is 0 Å². The maximum atomic E-state index is 12.4. The van der Waals surface area contributed by atoms with Crippen LogP contribution >= 0.6 is 30.6 Å². The standard InChI is InChI=1S/C15H21NO3PS3/c1-20-13-11-12(7-8-14(13)22-15(20)21-2)23(18,19)16-9-5-3-4-6-10-17/h7-8,10-11,16H,3-6,9H2,1-2H3/q+1. The number of fused-ring (bicyclic) bond motifs is 1. The Morgan fingerprint density at radius 1 is 1.30 bits per heavy atom. The minimum absolute atomic E-state index is 0.349. The lowest BCUT2D eigenvalue weighted by Crippen LogP contribution is -2.24. The molecule has 1 N–H and O–H groups in total. The van der Waals surface area contributed by atoms with E-state index in [1.807, 2.05) is 12.1 Å². The zero-order valence-corrected chi connectivity index (χ0v) is 16.6. The number of carbonyl (C=O) groups is 1. The Morgan fingerprint density at radius 3 is 2.78 bits per heavy atom. The smallest absolute Gasteiger partial charge is 0.240 e. The molecule has 126 valence electrons. The summed E-state index contributed by atoms with van der Waals surface area (Å²) < 4.78 is 30.0. The second-order valence-electron chi connectivity index (χ2n) is 5.17. The Kier molecular flexibility index (Phi) is 7.04. The number of aryl methyl sites for hydroxylation is 1. The number of thioether (sulfide) groups is 1. The number of hydrogen-bond donors (Lipinski definition) is 1. The minimum Gasteiger partial charge on any atom is -0.303 e. The molecule has 0 saturated carbocycles. The predicted molar refractivity (Wildman–Crippen MR) is 101 cm³/mol. The van der Waals surface area contributed by atoms with Crippen LogP contribution in [0.4, 0.5) is 0 Å². The maximum absolute atomic E-state index is 12.4. The van der Waals surface area contributed by atoms with E-state index in [4.69, 9.17) is 0 Å². The van der Waals surface area contributed by atoms with Crippen LogP contribution in [0.15, 0.2) is 27.0 Å². The highest BCUT2D eigenvalue weighted by molar-refractivity contribution is 8.04. The van der Waals surface area contributed by atoms with Crippen molar-refractivity contribution in [2.75, 3.05) is 12.8 Å². The van der Waals surface area contributed by atoms with Crippen molar-refractivity contribution in [2.24, 2.45) is 6.66 Å². The molecule has 0 radical (unpaired) electrons. The van der Waals surface area contributed by atoms with Crippen molar-refractivity contribution in [3.63, 3.8) is 0 Å². The van der Waals surface area contributed by atoms with Gasteiger partial charge in [0.1, 0.15) is 13.0 Å². The van der Waals surface area contributed by atoms with E-state index in [9.17, 15) is 13.2 Å². The molecule has 8 heteroatoms. The van der Waals surface area contributed by atoms with Gasteiger partial charge in [-0.3, -0.25) is 0 Å². The number of unbranched alkanes of at least 4 members (excludes halogenated alkanes) is 3. The summed E-state index contributed by atoms with van der Waals surface area (Å²) in [6.45, 7) is 2.59. The van der Waals surface area contributed by atoms with Crippen molar-refractivity contribution in [3.05, 3.63) is 18.2 Å². The van der Waals surface area contributed by atoms with Crippen LogP contribution in [-0.2, 0) is 21.5 Å². The van der Waals surface area contributed by atoms with Crippen molar-refractivity contribution < 1.29 is 13.2 Å². The molecule has 0 aliphatic carbocycles. The van der Waals surface area contributed by atoms with Gasteiger partial charge in [0, 0.05) is 19.0 Å². The van der Waals surface area contributed by atoms with Gasteiger partial charge in [0.2, 0.25) is 14.0 Å². The molecule has 0 aliphatic heterocycles. The van der Waals surface area contributed by atoms with Crippen molar-refractivity contribution in [1.29, 1.82) is 0 Å². The molecule has 0 saturated heterocycles. The molecule has 1 unspecified atom stereocenters. The SMILES string of the molecule is CSc1sc2ccc(S(=O)(=O)NCCCCCC=O)cc2[p+]1C. The van der Waals surface area contributed by atoms with Crippen LogP contribution in [-0.4, -0.2) is 27.5 Å². The molecular formula is C15H21NO3PS3+. The first kappa shape index (κ1) is 18.9. The highest BCUT2D eigenvalue weighted by Crippen LogP contribution is 2.50. The number of rotatable bonds is 9. The van der Waals surface area contributed by atoms with Gasteiger partial charge >= 0.3 is 0 Å². The van der Waals surface area contributed by atoms with Crippen molar-refractivity contribution in [3.8, 4) is 0 Å². The fourth-order valence-corrected chi connectivity index (χ4v) is 8.56. The van der Waals surface area contributed by atoms with Gasteiger partial charge in [-0.05, 0) is 31.2 Å². The molecule has 1 aromatic carbocycles. The van der Waals surface area contributed by atoms with E-state index in [1.54, 1.807) is 29.2 Å². The van der Waals surface area contributed by atoms with E-state index >= 15 is 0 Å². The first-order chi connectivity index (χ1) is 11.0. The van der Waals surface area contributed by atoms with Gasteiger partial charge in [0.05, 0.1) is 9.60 Å². The summed E-state index contributed by atoms with van der Waals surface area (Å²) in [6.07, 6.45) is 5.93. The fourth-order valence-electron chi connectivity index (χ4n) is 2.27. The third-order valence-corrected chi connectivity index (χ3v) is 11.1. The summed E-state index contributed by atoms with van der Waals surface area (Å²) in [7, 11) is -3.87. The second kappa shape index (κ2) is 8.58. The fraction of sp³-hybridized carbons (Fsp3) is 0.467. The van der Waals surface area contributed by atoms with Crippen molar-refractivity contribution >= 4 is 56.8 Å². The molecule has 0 aliphatic rings.